The molecule has 1 saturated heterocycles. The zero-order chi connectivity index (χ0) is 16.8. The summed E-state index contributed by atoms with van der Waals surface area (Å²) < 4.78 is 0. The lowest BCUT2D eigenvalue weighted by Crippen LogP contribution is -2.42. The summed E-state index contributed by atoms with van der Waals surface area (Å²) in [5.74, 6) is 0. The molecular weight excluding hydrogens is 320 g/mol. The Balaban J connectivity index is 1.32. The van der Waals surface area contributed by atoms with Gasteiger partial charge in [0.05, 0.1) is 6.20 Å². The van der Waals surface area contributed by atoms with Crippen molar-refractivity contribution in [3.63, 3.8) is 0 Å². The number of nitrogens with zero attached hydrogens (tertiary/aromatic N) is 2. The number of aryl methyl sites for hydroxylation is 2. The van der Waals surface area contributed by atoms with Crippen molar-refractivity contribution < 1.29 is 0 Å². The van der Waals surface area contributed by atoms with E-state index in [9.17, 15) is 0 Å². The summed E-state index contributed by atoms with van der Waals surface area (Å²) in [6, 6.07) is 8.88. The van der Waals surface area contributed by atoms with Gasteiger partial charge in [0.1, 0.15) is 0 Å². The Labute approximate surface area is 149 Å². The summed E-state index contributed by atoms with van der Waals surface area (Å²) >= 11 is 5.95. The molecule has 0 atom stereocenters. The molecule has 0 aliphatic carbocycles. The summed E-state index contributed by atoms with van der Waals surface area (Å²) in [7, 11) is 0. The van der Waals surface area contributed by atoms with Crippen molar-refractivity contribution in [2.75, 3.05) is 19.6 Å². The van der Waals surface area contributed by atoms with Crippen LogP contribution in [0.25, 0.3) is 0 Å². The number of hydrogen-bond acceptors (Lipinski definition) is 3. The fourth-order valence-electron chi connectivity index (χ4n) is 3.36. The van der Waals surface area contributed by atoms with Gasteiger partial charge in [0.2, 0.25) is 0 Å². The van der Waals surface area contributed by atoms with Crippen molar-refractivity contribution in [1.82, 2.24) is 20.4 Å². The molecule has 0 radical (unpaired) electrons. The van der Waals surface area contributed by atoms with E-state index in [4.69, 9.17) is 11.6 Å². The van der Waals surface area contributed by atoms with E-state index in [0.717, 1.165) is 24.5 Å². The van der Waals surface area contributed by atoms with Gasteiger partial charge in [-0.15, -0.1) is 0 Å². The second kappa shape index (κ2) is 8.65. The maximum absolute atomic E-state index is 5.95. The molecule has 24 heavy (non-hydrogen) atoms. The minimum absolute atomic E-state index is 0.664. The molecule has 2 N–H and O–H groups in total. The molecule has 5 heteroatoms. The molecule has 4 nitrogen and oxygen atoms in total. The highest BCUT2D eigenvalue weighted by molar-refractivity contribution is 6.30. The second-order valence-corrected chi connectivity index (χ2v) is 7.19. The Morgan fingerprint density at radius 3 is 2.67 bits per heavy atom. The standard InChI is InChI=1S/C19H27ClN4/c1-15-17(13-22-23-15)3-2-10-21-19-8-11-24(12-9-19)14-16-4-6-18(20)7-5-16/h4-7,13,19,21H,2-3,8-12,14H2,1H3,(H,22,23). The first-order valence-corrected chi connectivity index (χ1v) is 9.27. The Morgan fingerprint density at radius 1 is 1.25 bits per heavy atom. The smallest absolute Gasteiger partial charge is 0.0522 e. The minimum atomic E-state index is 0.664. The highest BCUT2D eigenvalue weighted by atomic mass is 35.5. The van der Waals surface area contributed by atoms with E-state index in [1.807, 2.05) is 18.3 Å². The summed E-state index contributed by atoms with van der Waals surface area (Å²) in [4.78, 5) is 2.54. The van der Waals surface area contributed by atoms with Gasteiger partial charge in [0.15, 0.2) is 0 Å². The molecule has 1 aliphatic rings. The van der Waals surface area contributed by atoms with Gasteiger partial charge in [-0.3, -0.25) is 10.00 Å². The lowest BCUT2D eigenvalue weighted by molar-refractivity contribution is 0.190. The lowest BCUT2D eigenvalue weighted by atomic mass is 10.0. The zero-order valence-corrected chi connectivity index (χ0v) is 15.1. The van der Waals surface area contributed by atoms with Crippen LogP contribution in [0.4, 0.5) is 0 Å². The summed E-state index contributed by atoms with van der Waals surface area (Å²) in [5, 5.41) is 11.6. The molecule has 0 amide bonds. The molecule has 1 aromatic carbocycles. The van der Waals surface area contributed by atoms with E-state index in [2.05, 4.69) is 39.5 Å². The minimum Gasteiger partial charge on any atom is -0.314 e. The van der Waals surface area contributed by atoms with Gasteiger partial charge in [-0.2, -0.15) is 5.10 Å². The number of nitrogens with one attached hydrogen (secondary N) is 2. The van der Waals surface area contributed by atoms with E-state index in [0.29, 0.717) is 6.04 Å². The van der Waals surface area contributed by atoms with Gasteiger partial charge in [-0.25, -0.2) is 0 Å². The topological polar surface area (TPSA) is 44.0 Å². The third-order valence-electron chi connectivity index (χ3n) is 4.90. The first kappa shape index (κ1) is 17.5. The molecule has 1 aromatic heterocycles. The second-order valence-electron chi connectivity index (χ2n) is 6.75. The number of piperidine rings is 1. The van der Waals surface area contributed by atoms with Gasteiger partial charge < -0.3 is 5.32 Å². The van der Waals surface area contributed by atoms with Crippen LogP contribution in [0.1, 0.15) is 36.1 Å². The van der Waals surface area contributed by atoms with Crippen LogP contribution in [0.3, 0.4) is 0 Å². The highest BCUT2D eigenvalue weighted by Crippen LogP contribution is 2.16. The first-order chi connectivity index (χ1) is 11.7. The average Bonchev–Trinajstić information content (AvgIpc) is 3.00. The van der Waals surface area contributed by atoms with Crippen LogP contribution >= 0.6 is 11.6 Å². The van der Waals surface area contributed by atoms with Gasteiger partial charge >= 0.3 is 0 Å². The van der Waals surface area contributed by atoms with E-state index >= 15 is 0 Å². The summed E-state index contributed by atoms with van der Waals surface area (Å²) in [6.07, 6.45) is 6.69. The number of benzene rings is 1. The molecule has 130 valence electrons. The molecular formula is C19H27ClN4. The quantitative estimate of drug-likeness (QED) is 0.753. The number of rotatable bonds is 7. The van der Waals surface area contributed by atoms with Crippen LogP contribution in [0.5, 0.6) is 0 Å². The molecule has 0 bridgehead atoms. The molecule has 2 heterocycles. The monoisotopic (exact) mass is 346 g/mol. The van der Waals surface area contributed by atoms with Crippen molar-refractivity contribution in [2.45, 2.75) is 45.2 Å². The highest BCUT2D eigenvalue weighted by Gasteiger charge is 2.18. The zero-order valence-electron chi connectivity index (χ0n) is 14.4. The van der Waals surface area contributed by atoms with Crippen LogP contribution in [0.2, 0.25) is 5.02 Å². The van der Waals surface area contributed by atoms with Crippen molar-refractivity contribution >= 4 is 11.6 Å². The average molecular weight is 347 g/mol. The Bertz CT molecular complexity index is 615. The fraction of sp³-hybridized carbons (Fsp3) is 0.526. The summed E-state index contributed by atoms with van der Waals surface area (Å²) in [5.41, 5.74) is 3.89. The van der Waals surface area contributed by atoms with Crippen LogP contribution < -0.4 is 5.32 Å². The van der Waals surface area contributed by atoms with Gasteiger partial charge in [0.25, 0.3) is 0 Å². The van der Waals surface area contributed by atoms with E-state index in [1.54, 1.807) is 0 Å². The van der Waals surface area contributed by atoms with E-state index < -0.39 is 0 Å². The Morgan fingerprint density at radius 2 is 2.00 bits per heavy atom. The molecule has 2 aromatic rings. The normalized spacial score (nSPS) is 16.6. The number of H-pyrrole nitrogens is 1. The van der Waals surface area contributed by atoms with Crippen molar-refractivity contribution in [3.05, 3.63) is 52.3 Å². The number of likely N-dealkylation sites (tertiary alicyclic amines) is 1. The van der Waals surface area contributed by atoms with Gasteiger partial charge in [-0.1, -0.05) is 23.7 Å². The largest absolute Gasteiger partial charge is 0.314 e. The maximum atomic E-state index is 5.95. The molecule has 0 unspecified atom stereocenters. The predicted molar refractivity (Wildman–Crippen MR) is 99.4 cm³/mol. The maximum Gasteiger partial charge on any atom is 0.0522 e. The predicted octanol–water partition coefficient (Wildman–Crippen LogP) is 3.56. The molecule has 0 saturated carbocycles. The van der Waals surface area contributed by atoms with Crippen LogP contribution in [0, 0.1) is 6.92 Å². The number of aromatic nitrogens is 2. The third-order valence-corrected chi connectivity index (χ3v) is 5.15. The van der Waals surface area contributed by atoms with Crippen molar-refractivity contribution in [1.29, 1.82) is 0 Å². The van der Waals surface area contributed by atoms with E-state index in [1.165, 1.54) is 49.2 Å². The Kier molecular flexibility index (Phi) is 6.30. The SMILES string of the molecule is Cc1[nH]ncc1CCCNC1CCN(Cc2ccc(Cl)cc2)CC1. The van der Waals surface area contributed by atoms with Crippen LogP contribution in [0.15, 0.2) is 30.5 Å². The van der Waals surface area contributed by atoms with Crippen molar-refractivity contribution in [2.24, 2.45) is 0 Å². The Hall–Kier alpha value is -1.36. The lowest BCUT2D eigenvalue weighted by Gasteiger charge is -2.32. The molecule has 3 rings (SSSR count). The number of halogens is 1. The molecule has 0 spiro atoms. The van der Waals surface area contributed by atoms with Gasteiger partial charge in [-0.05, 0) is 75.5 Å². The molecule has 1 aliphatic heterocycles. The van der Waals surface area contributed by atoms with Gasteiger partial charge in [0, 0.05) is 23.3 Å². The number of aromatic amines is 1. The number of hydrogen-bond donors (Lipinski definition) is 2. The molecule has 1 fully saturated rings. The third kappa shape index (κ3) is 5.07. The van der Waals surface area contributed by atoms with Crippen LogP contribution in [-0.4, -0.2) is 40.8 Å². The summed E-state index contributed by atoms with van der Waals surface area (Å²) in [6.45, 7) is 6.55. The van der Waals surface area contributed by atoms with E-state index in [-0.39, 0.29) is 0 Å². The fourth-order valence-corrected chi connectivity index (χ4v) is 3.48. The van der Waals surface area contributed by atoms with Crippen LogP contribution in [-0.2, 0) is 13.0 Å². The van der Waals surface area contributed by atoms with Crippen molar-refractivity contribution in [3.8, 4) is 0 Å². The first-order valence-electron chi connectivity index (χ1n) is 8.90.